The molecule has 9 heteroatoms. The van der Waals surface area contributed by atoms with Crippen LogP contribution in [-0.2, 0) is 24.4 Å². The third-order valence-corrected chi connectivity index (χ3v) is 5.71. The summed E-state index contributed by atoms with van der Waals surface area (Å²) in [5.41, 5.74) is 4.34. The SMILES string of the molecule is Cc1ccccc1Cn1cnc2c(cnn2CCNC(=O)Cn2cnc3ccccc32)c1=O. The Bertz CT molecular complexity index is 1510. The Kier molecular flexibility index (Phi) is 5.43. The maximum atomic E-state index is 12.9. The number of rotatable bonds is 7. The normalized spacial score (nSPS) is 11.3. The fourth-order valence-corrected chi connectivity index (χ4v) is 3.89. The molecule has 166 valence electrons. The Hall–Kier alpha value is -4.27. The molecule has 0 atom stereocenters. The van der Waals surface area contributed by atoms with E-state index < -0.39 is 0 Å². The smallest absolute Gasteiger partial charge is 0.264 e. The average molecular weight is 441 g/mol. The van der Waals surface area contributed by atoms with Crippen molar-refractivity contribution in [1.82, 2.24) is 34.2 Å². The number of imidazole rings is 1. The summed E-state index contributed by atoms with van der Waals surface area (Å²) >= 11 is 0. The highest BCUT2D eigenvalue weighted by molar-refractivity contribution is 5.80. The van der Waals surface area contributed by atoms with Crippen LogP contribution in [0.1, 0.15) is 11.1 Å². The van der Waals surface area contributed by atoms with Crippen LogP contribution in [0.15, 0.2) is 72.2 Å². The third-order valence-electron chi connectivity index (χ3n) is 5.71. The average Bonchev–Trinajstić information content (AvgIpc) is 3.42. The van der Waals surface area contributed by atoms with Gasteiger partial charge in [0.05, 0.1) is 36.6 Å². The van der Waals surface area contributed by atoms with Crippen LogP contribution in [0.4, 0.5) is 0 Å². The van der Waals surface area contributed by atoms with Crippen LogP contribution in [0.5, 0.6) is 0 Å². The fraction of sp³-hybridized carbons (Fsp3) is 0.208. The van der Waals surface area contributed by atoms with Gasteiger partial charge in [0, 0.05) is 6.54 Å². The highest BCUT2D eigenvalue weighted by Gasteiger charge is 2.12. The molecule has 5 aromatic rings. The van der Waals surface area contributed by atoms with E-state index in [-0.39, 0.29) is 18.0 Å². The Morgan fingerprint density at radius 2 is 1.79 bits per heavy atom. The molecule has 1 N–H and O–H groups in total. The number of amides is 1. The molecule has 0 spiro atoms. The number of carbonyl (C=O) groups excluding carboxylic acids is 1. The molecule has 0 saturated heterocycles. The van der Waals surface area contributed by atoms with Crippen LogP contribution in [0.3, 0.4) is 0 Å². The van der Waals surface area contributed by atoms with E-state index in [9.17, 15) is 9.59 Å². The summed E-state index contributed by atoms with van der Waals surface area (Å²) in [6.07, 6.45) is 4.76. The molecule has 0 aliphatic carbocycles. The summed E-state index contributed by atoms with van der Waals surface area (Å²) in [6.45, 7) is 3.44. The molecule has 5 rings (SSSR count). The lowest BCUT2D eigenvalue weighted by Crippen LogP contribution is -2.30. The molecule has 0 unspecified atom stereocenters. The predicted octanol–water partition coefficient (Wildman–Crippen LogP) is 2.12. The standard InChI is InChI=1S/C24H23N7O2/c1-17-6-2-3-7-18(17)13-30-16-27-23-19(24(30)33)12-28-31(23)11-10-25-22(32)14-29-15-26-20-8-4-5-9-21(20)29/h2-9,12,15-16H,10-11,13-14H2,1H3,(H,25,32). The highest BCUT2D eigenvalue weighted by atomic mass is 16.2. The van der Waals surface area contributed by atoms with Crippen molar-refractivity contribution in [2.75, 3.05) is 6.54 Å². The number of benzene rings is 2. The quantitative estimate of drug-likeness (QED) is 0.417. The van der Waals surface area contributed by atoms with E-state index in [1.54, 1.807) is 28.1 Å². The van der Waals surface area contributed by atoms with Gasteiger partial charge in [0.1, 0.15) is 18.3 Å². The lowest BCUT2D eigenvalue weighted by molar-refractivity contribution is -0.121. The van der Waals surface area contributed by atoms with Gasteiger partial charge in [0.2, 0.25) is 5.91 Å². The molecule has 0 radical (unpaired) electrons. The number of aromatic nitrogens is 6. The molecule has 0 fully saturated rings. The van der Waals surface area contributed by atoms with Crippen molar-refractivity contribution in [1.29, 1.82) is 0 Å². The number of nitrogens with one attached hydrogen (secondary N) is 1. The number of nitrogens with zero attached hydrogens (tertiary/aromatic N) is 6. The van der Waals surface area contributed by atoms with Gasteiger partial charge >= 0.3 is 0 Å². The summed E-state index contributed by atoms with van der Waals surface area (Å²) in [7, 11) is 0. The monoisotopic (exact) mass is 441 g/mol. The first-order chi connectivity index (χ1) is 16.1. The molecular formula is C24H23N7O2. The van der Waals surface area contributed by atoms with E-state index in [2.05, 4.69) is 20.4 Å². The van der Waals surface area contributed by atoms with E-state index in [1.807, 2.05) is 60.0 Å². The van der Waals surface area contributed by atoms with E-state index in [0.717, 1.165) is 22.2 Å². The van der Waals surface area contributed by atoms with Crippen LogP contribution < -0.4 is 10.9 Å². The maximum absolute atomic E-state index is 12.9. The van der Waals surface area contributed by atoms with Gasteiger partial charge in [-0.05, 0) is 30.2 Å². The van der Waals surface area contributed by atoms with E-state index in [0.29, 0.717) is 30.7 Å². The summed E-state index contributed by atoms with van der Waals surface area (Å²) in [5, 5.41) is 7.66. The van der Waals surface area contributed by atoms with Gasteiger partial charge in [-0.25, -0.2) is 14.6 Å². The summed E-state index contributed by atoms with van der Waals surface area (Å²) < 4.78 is 5.04. The highest BCUT2D eigenvalue weighted by Crippen LogP contribution is 2.12. The zero-order chi connectivity index (χ0) is 22.8. The number of carbonyl (C=O) groups is 1. The van der Waals surface area contributed by atoms with E-state index >= 15 is 0 Å². The molecule has 0 bridgehead atoms. The van der Waals surface area contributed by atoms with Gasteiger partial charge < -0.3 is 9.88 Å². The molecule has 3 heterocycles. The van der Waals surface area contributed by atoms with Gasteiger partial charge in [-0.3, -0.25) is 14.2 Å². The third kappa shape index (κ3) is 4.12. The number of aryl methyl sites for hydroxylation is 1. The van der Waals surface area contributed by atoms with Crippen molar-refractivity contribution < 1.29 is 4.79 Å². The van der Waals surface area contributed by atoms with Gasteiger partial charge in [-0.15, -0.1) is 0 Å². The molecule has 0 aliphatic rings. The Labute approximate surface area is 189 Å². The van der Waals surface area contributed by atoms with E-state index in [4.69, 9.17) is 0 Å². The lowest BCUT2D eigenvalue weighted by Gasteiger charge is -2.09. The van der Waals surface area contributed by atoms with Crippen molar-refractivity contribution >= 4 is 28.0 Å². The molecule has 0 aliphatic heterocycles. The second-order valence-electron chi connectivity index (χ2n) is 7.92. The molecule has 33 heavy (non-hydrogen) atoms. The lowest BCUT2D eigenvalue weighted by atomic mass is 10.1. The van der Waals surface area contributed by atoms with Gasteiger partial charge in [-0.2, -0.15) is 5.10 Å². The van der Waals surface area contributed by atoms with Crippen molar-refractivity contribution in [2.24, 2.45) is 0 Å². The molecule has 2 aromatic carbocycles. The summed E-state index contributed by atoms with van der Waals surface area (Å²) in [4.78, 5) is 34.1. The van der Waals surface area contributed by atoms with Crippen LogP contribution in [0.2, 0.25) is 0 Å². The topological polar surface area (TPSA) is 99.6 Å². The molecule has 3 aromatic heterocycles. The van der Waals surface area contributed by atoms with Crippen LogP contribution >= 0.6 is 0 Å². The van der Waals surface area contributed by atoms with E-state index in [1.165, 1.54) is 0 Å². The summed E-state index contributed by atoms with van der Waals surface area (Å²) in [6, 6.07) is 15.6. The number of para-hydroxylation sites is 2. The zero-order valence-corrected chi connectivity index (χ0v) is 18.2. The minimum absolute atomic E-state index is 0.122. The van der Waals surface area contributed by atoms with Gasteiger partial charge in [-0.1, -0.05) is 36.4 Å². The largest absolute Gasteiger partial charge is 0.353 e. The maximum Gasteiger partial charge on any atom is 0.264 e. The molecular weight excluding hydrogens is 418 g/mol. The predicted molar refractivity (Wildman–Crippen MR) is 125 cm³/mol. The molecule has 0 saturated carbocycles. The second kappa shape index (κ2) is 8.70. The minimum atomic E-state index is -0.134. The van der Waals surface area contributed by atoms with Crippen molar-refractivity contribution in [3.05, 3.63) is 88.9 Å². The van der Waals surface area contributed by atoms with Crippen molar-refractivity contribution in [3.8, 4) is 0 Å². The Morgan fingerprint density at radius 1 is 1.00 bits per heavy atom. The first kappa shape index (κ1) is 20.6. The van der Waals surface area contributed by atoms with Crippen LogP contribution in [0, 0.1) is 6.92 Å². The van der Waals surface area contributed by atoms with Crippen LogP contribution in [0.25, 0.3) is 22.1 Å². The number of hydrogen-bond donors (Lipinski definition) is 1. The van der Waals surface area contributed by atoms with Crippen molar-refractivity contribution in [2.45, 2.75) is 26.6 Å². The zero-order valence-electron chi connectivity index (χ0n) is 18.2. The molecule has 1 amide bonds. The Morgan fingerprint density at radius 3 is 2.67 bits per heavy atom. The second-order valence-corrected chi connectivity index (χ2v) is 7.92. The van der Waals surface area contributed by atoms with Crippen molar-refractivity contribution in [3.63, 3.8) is 0 Å². The summed E-state index contributed by atoms with van der Waals surface area (Å²) in [5.74, 6) is -0.122. The minimum Gasteiger partial charge on any atom is -0.353 e. The fourth-order valence-electron chi connectivity index (χ4n) is 3.89. The number of fused-ring (bicyclic) bond motifs is 2. The molecule has 9 nitrogen and oxygen atoms in total. The number of hydrogen-bond acceptors (Lipinski definition) is 5. The van der Waals surface area contributed by atoms with Gasteiger partial charge in [0.15, 0.2) is 5.65 Å². The first-order valence-corrected chi connectivity index (χ1v) is 10.7. The van der Waals surface area contributed by atoms with Crippen LogP contribution in [-0.4, -0.2) is 41.3 Å². The Balaban J connectivity index is 1.24. The first-order valence-electron chi connectivity index (χ1n) is 10.7. The van der Waals surface area contributed by atoms with Gasteiger partial charge in [0.25, 0.3) is 5.56 Å².